The molecular formula is C21H17N5O7S. The number of nitro groups is 1. The zero-order chi connectivity index (χ0) is 24.8. The molecule has 0 saturated heterocycles. The fourth-order valence-electron chi connectivity index (χ4n) is 3.41. The van der Waals surface area contributed by atoms with Gasteiger partial charge < -0.3 is 5.11 Å². The predicted molar refractivity (Wildman–Crippen MR) is 122 cm³/mol. The quantitative estimate of drug-likeness (QED) is 0.164. The molecule has 174 valence electrons. The van der Waals surface area contributed by atoms with Crippen molar-refractivity contribution >= 4 is 38.0 Å². The number of aromatic nitrogens is 2. The molecule has 4 rings (SSSR count). The van der Waals surface area contributed by atoms with E-state index in [9.17, 15) is 33.0 Å². The molecule has 3 N–H and O–H groups in total. The van der Waals surface area contributed by atoms with Gasteiger partial charge in [-0.05, 0) is 32.0 Å². The number of nitro benzene ring substituents is 1. The molecule has 0 spiro atoms. The number of hydrogen-bond donors (Lipinski definition) is 3. The minimum Gasteiger partial charge on any atom is -0.506 e. The molecule has 0 aliphatic rings. The standard InChI is InChI=1S/C21H17N5O7S/c1-11-3-5-13(6-4-11)25-21(28)19(12(2)24-25)22-23-20-15-8-7-14(26(29)30)9-16(15)18(10-17(20)27)34(31,32)33/h3-10,24,27H,1-2H3,(H,31,32,33). The first-order valence-corrected chi connectivity index (χ1v) is 11.1. The number of rotatable bonds is 5. The fourth-order valence-corrected chi connectivity index (χ4v) is 4.12. The van der Waals surface area contributed by atoms with E-state index >= 15 is 0 Å². The molecule has 0 fully saturated rings. The summed E-state index contributed by atoms with van der Waals surface area (Å²) in [6, 6.07) is 11.1. The van der Waals surface area contributed by atoms with Crippen molar-refractivity contribution in [1.29, 1.82) is 0 Å². The second kappa shape index (κ2) is 8.20. The summed E-state index contributed by atoms with van der Waals surface area (Å²) in [5.41, 5.74) is 0.707. The average Bonchev–Trinajstić information content (AvgIpc) is 3.05. The largest absolute Gasteiger partial charge is 0.506 e. The van der Waals surface area contributed by atoms with Crippen molar-refractivity contribution in [3.63, 3.8) is 0 Å². The zero-order valence-electron chi connectivity index (χ0n) is 17.8. The Hall–Kier alpha value is -4.36. The van der Waals surface area contributed by atoms with Gasteiger partial charge in [-0.25, -0.2) is 4.68 Å². The number of aromatic hydroxyl groups is 1. The van der Waals surface area contributed by atoms with Crippen LogP contribution in [0.3, 0.4) is 0 Å². The smallest absolute Gasteiger partial charge is 0.299 e. The Kier molecular flexibility index (Phi) is 5.51. The monoisotopic (exact) mass is 483 g/mol. The number of H-pyrrole nitrogens is 1. The van der Waals surface area contributed by atoms with Crippen LogP contribution in [0.25, 0.3) is 16.5 Å². The first-order valence-electron chi connectivity index (χ1n) is 9.69. The Bertz CT molecular complexity index is 1650. The van der Waals surface area contributed by atoms with Gasteiger partial charge in [0.25, 0.3) is 21.4 Å². The van der Waals surface area contributed by atoms with Gasteiger partial charge in [-0.1, -0.05) is 17.7 Å². The first-order chi connectivity index (χ1) is 16.0. The van der Waals surface area contributed by atoms with Crippen molar-refractivity contribution in [1.82, 2.24) is 9.78 Å². The lowest BCUT2D eigenvalue weighted by Crippen LogP contribution is -2.13. The van der Waals surface area contributed by atoms with Crippen LogP contribution in [0.2, 0.25) is 0 Å². The summed E-state index contributed by atoms with van der Waals surface area (Å²) in [5.74, 6) is -0.662. The molecule has 0 radical (unpaired) electrons. The van der Waals surface area contributed by atoms with Gasteiger partial charge >= 0.3 is 0 Å². The van der Waals surface area contributed by atoms with Crippen LogP contribution in [-0.2, 0) is 10.1 Å². The molecule has 0 unspecified atom stereocenters. The highest BCUT2D eigenvalue weighted by Gasteiger charge is 2.22. The molecule has 4 aromatic rings. The van der Waals surface area contributed by atoms with Crippen LogP contribution in [0.15, 0.2) is 68.4 Å². The summed E-state index contributed by atoms with van der Waals surface area (Å²) >= 11 is 0. The summed E-state index contributed by atoms with van der Waals surface area (Å²) in [5, 5.41) is 32.0. The van der Waals surface area contributed by atoms with Gasteiger partial charge in [0.1, 0.15) is 16.3 Å². The van der Waals surface area contributed by atoms with E-state index < -0.39 is 36.9 Å². The number of nitrogens with zero attached hydrogens (tertiary/aromatic N) is 4. The minimum absolute atomic E-state index is 0.0333. The SMILES string of the molecule is Cc1ccc(-n2[nH]c(C)c(N=Nc3c(O)cc(S(=O)(=O)O)c4cc([N+](=O)[O-])ccc34)c2=O)cc1. The van der Waals surface area contributed by atoms with Crippen molar-refractivity contribution in [2.24, 2.45) is 10.2 Å². The van der Waals surface area contributed by atoms with Crippen LogP contribution < -0.4 is 5.56 Å². The number of azo groups is 1. The molecule has 1 heterocycles. The third-order valence-corrected chi connectivity index (χ3v) is 6.00. The highest BCUT2D eigenvalue weighted by molar-refractivity contribution is 7.86. The number of nitrogens with one attached hydrogen (secondary N) is 1. The van der Waals surface area contributed by atoms with Crippen LogP contribution in [0.5, 0.6) is 5.75 Å². The molecule has 1 aromatic heterocycles. The van der Waals surface area contributed by atoms with Gasteiger partial charge in [0.2, 0.25) is 0 Å². The second-order valence-corrected chi connectivity index (χ2v) is 8.86. The highest BCUT2D eigenvalue weighted by Crippen LogP contribution is 2.41. The van der Waals surface area contributed by atoms with Gasteiger partial charge in [-0.15, -0.1) is 10.2 Å². The van der Waals surface area contributed by atoms with Crippen LogP contribution >= 0.6 is 0 Å². The van der Waals surface area contributed by atoms with E-state index in [1.165, 1.54) is 10.7 Å². The Morgan fingerprint density at radius 1 is 1.00 bits per heavy atom. The number of aromatic amines is 1. The van der Waals surface area contributed by atoms with Gasteiger partial charge in [0, 0.05) is 29.0 Å². The molecule has 13 heteroatoms. The Morgan fingerprint density at radius 2 is 1.65 bits per heavy atom. The third kappa shape index (κ3) is 4.04. The zero-order valence-corrected chi connectivity index (χ0v) is 18.6. The van der Waals surface area contributed by atoms with Crippen molar-refractivity contribution in [3.8, 4) is 11.4 Å². The maximum atomic E-state index is 12.9. The lowest BCUT2D eigenvalue weighted by molar-refractivity contribution is -0.384. The van der Waals surface area contributed by atoms with E-state index in [0.717, 1.165) is 17.7 Å². The molecule has 0 aliphatic carbocycles. The maximum absolute atomic E-state index is 12.9. The van der Waals surface area contributed by atoms with E-state index in [1.807, 2.05) is 19.1 Å². The molecule has 0 atom stereocenters. The van der Waals surface area contributed by atoms with Crippen molar-refractivity contribution in [3.05, 3.63) is 80.3 Å². The summed E-state index contributed by atoms with van der Waals surface area (Å²) in [7, 11) is -4.84. The van der Waals surface area contributed by atoms with Gasteiger partial charge in [-0.2, -0.15) is 8.42 Å². The van der Waals surface area contributed by atoms with E-state index in [4.69, 9.17) is 0 Å². The second-order valence-electron chi connectivity index (χ2n) is 7.47. The molecule has 0 bridgehead atoms. The maximum Gasteiger partial charge on any atom is 0.299 e. The molecular weight excluding hydrogens is 466 g/mol. The molecule has 12 nitrogen and oxygen atoms in total. The van der Waals surface area contributed by atoms with Crippen molar-refractivity contribution in [2.75, 3.05) is 0 Å². The molecule has 0 aliphatic heterocycles. The normalized spacial score (nSPS) is 12.0. The number of fused-ring (bicyclic) bond motifs is 1. The van der Waals surface area contributed by atoms with Crippen molar-refractivity contribution < 1.29 is 23.0 Å². The van der Waals surface area contributed by atoms with Gasteiger partial charge in [0.05, 0.1) is 16.3 Å². The van der Waals surface area contributed by atoms with E-state index in [2.05, 4.69) is 15.3 Å². The number of phenols is 1. The first kappa shape index (κ1) is 22.8. The van der Waals surface area contributed by atoms with Crippen LogP contribution in [-0.4, -0.2) is 32.8 Å². The van der Waals surface area contributed by atoms with E-state index in [0.29, 0.717) is 17.4 Å². The fraction of sp³-hybridized carbons (Fsp3) is 0.0952. The predicted octanol–water partition coefficient (Wildman–Crippen LogP) is 4.21. The van der Waals surface area contributed by atoms with Crippen LogP contribution in [0.1, 0.15) is 11.3 Å². The highest BCUT2D eigenvalue weighted by atomic mass is 32.2. The molecule has 0 amide bonds. The summed E-state index contributed by atoms with van der Waals surface area (Å²) in [6.07, 6.45) is 0. The lowest BCUT2D eigenvalue weighted by atomic mass is 10.1. The van der Waals surface area contributed by atoms with Gasteiger partial charge in [0.15, 0.2) is 5.69 Å². The lowest BCUT2D eigenvalue weighted by Gasteiger charge is -2.08. The number of non-ortho nitro benzene ring substituents is 1. The summed E-state index contributed by atoms with van der Waals surface area (Å²) in [4.78, 5) is 22.5. The molecule has 0 saturated carbocycles. The Balaban J connectivity index is 1.88. The Morgan fingerprint density at radius 3 is 2.26 bits per heavy atom. The van der Waals surface area contributed by atoms with E-state index in [1.54, 1.807) is 19.1 Å². The van der Waals surface area contributed by atoms with Gasteiger partial charge in [-0.3, -0.25) is 24.6 Å². The van der Waals surface area contributed by atoms with E-state index in [-0.39, 0.29) is 22.1 Å². The van der Waals surface area contributed by atoms with Crippen molar-refractivity contribution in [2.45, 2.75) is 18.7 Å². The number of hydrogen-bond acceptors (Lipinski definition) is 8. The minimum atomic E-state index is -4.84. The number of benzene rings is 3. The number of phenolic OH excluding ortho intramolecular Hbond substituents is 1. The van der Waals surface area contributed by atoms with Crippen LogP contribution in [0, 0.1) is 24.0 Å². The summed E-state index contributed by atoms with van der Waals surface area (Å²) < 4.78 is 34.4. The Labute approximate surface area is 191 Å². The average molecular weight is 483 g/mol. The molecule has 3 aromatic carbocycles. The third-order valence-electron chi connectivity index (χ3n) is 5.11. The molecule has 34 heavy (non-hydrogen) atoms. The van der Waals surface area contributed by atoms with Crippen LogP contribution in [0.4, 0.5) is 17.1 Å². The topological polar surface area (TPSA) is 180 Å². The number of aryl methyl sites for hydroxylation is 2. The summed E-state index contributed by atoms with van der Waals surface area (Å²) in [6.45, 7) is 3.51.